The fourth-order valence-electron chi connectivity index (χ4n) is 1.44. The van der Waals surface area contributed by atoms with Crippen LogP contribution in [0, 0.1) is 0 Å². The van der Waals surface area contributed by atoms with Crippen molar-refractivity contribution in [1.29, 1.82) is 0 Å². The minimum Gasteiger partial charge on any atom is -0.444 e. The minimum atomic E-state index is -1.04. The lowest BCUT2D eigenvalue weighted by molar-refractivity contribution is 0.0458. The molecule has 1 amide bonds. The van der Waals surface area contributed by atoms with Crippen molar-refractivity contribution in [2.24, 2.45) is 0 Å². The number of halogens is 1. The van der Waals surface area contributed by atoms with Gasteiger partial charge < -0.3 is 15.4 Å². The first-order chi connectivity index (χ1) is 6.88. The van der Waals surface area contributed by atoms with Crippen molar-refractivity contribution in [1.82, 2.24) is 10.6 Å². The Kier molecular flexibility index (Phi) is 3.90. The summed E-state index contributed by atoms with van der Waals surface area (Å²) in [6.07, 6.45) is -0.983. The molecule has 0 aromatic carbocycles. The van der Waals surface area contributed by atoms with Gasteiger partial charge in [-0.05, 0) is 33.7 Å². The normalized spacial score (nSPS) is 27.2. The van der Waals surface area contributed by atoms with Crippen LogP contribution in [0.2, 0.25) is 0 Å². The smallest absolute Gasteiger partial charge is 0.407 e. The number of rotatable bonds is 1. The van der Waals surface area contributed by atoms with Gasteiger partial charge >= 0.3 is 6.09 Å². The van der Waals surface area contributed by atoms with Gasteiger partial charge in [0.15, 0.2) is 0 Å². The minimum absolute atomic E-state index is 0.292. The van der Waals surface area contributed by atoms with E-state index < -0.39 is 23.9 Å². The highest BCUT2D eigenvalue weighted by molar-refractivity contribution is 5.68. The molecule has 2 atom stereocenters. The molecule has 1 heterocycles. The average molecular weight is 218 g/mol. The summed E-state index contributed by atoms with van der Waals surface area (Å²) in [6.45, 7) is 6.35. The summed E-state index contributed by atoms with van der Waals surface area (Å²) >= 11 is 0. The Bertz CT molecular complexity index is 228. The Balaban J connectivity index is 2.36. The van der Waals surface area contributed by atoms with E-state index in [4.69, 9.17) is 4.74 Å². The molecule has 1 fully saturated rings. The fraction of sp³-hybridized carbons (Fsp3) is 0.900. The second-order valence-electron chi connectivity index (χ2n) is 4.76. The highest BCUT2D eigenvalue weighted by Crippen LogP contribution is 2.10. The molecule has 15 heavy (non-hydrogen) atoms. The van der Waals surface area contributed by atoms with Crippen molar-refractivity contribution < 1.29 is 13.9 Å². The van der Waals surface area contributed by atoms with Gasteiger partial charge in [0.1, 0.15) is 11.8 Å². The molecule has 0 saturated carbocycles. The molecule has 0 aliphatic carbocycles. The third-order valence-electron chi connectivity index (χ3n) is 2.11. The third kappa shape index (κ3) is 4.46. The molecule has 0 unspecified atom stereocenters. The molecule has 88 valence electrons. The van der Waals surface area contributed by atoms with Crippen molar-refractivity contribution in [3.05, 3.63) is 0 Å². The Hall–Kier alpha value is -0.840. The Labute approximate surface area is 89.6 Å². The molecule has 1 rings (SSSR count). The van der Waals surface area contributed by atoms with Crippen LogP contribution in [-0.2, 0) is 4.74 Å². The van der Waals surface area contributed by atoms with E-state index in [1.54, 1.807) is 20.8 Å². The molecule has 2 N–H and O–H groups in total. The van der Waals surface area contributed by atoms with Crippen LogP contribution < -0.4 is 10.6 Å². The predicted octanol–water partition coefficient (Wildman–Crippen LogP) is 1.21. The zero-order valence-electron chi connectivity index (χ0n) is 9.47. The van der Waals surface area contributed by atoms with E-state index in [2.05, 4.69) is 10.6 Å². The fourth-order valence-corrected chi connectivity index (χ4v) is 1.44. The van der Waals surface area contributed by atoms with Gasteiger partial charge in [0, 0.05) is 6.54 Å². The Morgan fingerprint density at radius 1 is 1.53 bits per heavy atom. The summed E-state index contributed by atoms with van der Waals surface area (Å²) in [4.78, 5) is 11.4. The summed E-state index contributed by atoms with van der Waals surface area (Å²) in [6, 6.07) is -0.430. The van der Waals surface area contributed by atoms with Crippen LogP contribution in [0.1, 0.15) is 27.2 Å². The maximum absolute atomic E-state index is 13.3. The molecule has 0 bridgehead atoms. The summed E-state index contributed by atoms with van der Waals surface area (Å²) in [5, 5.41) is 5.47. The van der Waals surface area contributed by atoms with E-state index in [1.165, 1.54) is 0 Å². The van der Waals surface area contributed by atoms with Gasteiger partial charge in [-0.15, -0.1) is 0 Å². The molecule has 0 aromatic heterocycles. The highest BCUT2D eigenvalue weighted by Gasteiger charge is 2.27. The quantitative estimate of drug-likeness (QED) is 0.695. The molecule has 0 spiro atoms. The number of alkyl halides is 1. The van der Waals surface area contributed by atoms with Crippen LogP contribution in [0.4, 0.5) is 9.18 Å². The average Bonchev–Trinajstić information content (AvgIpc) is 2.05. The topological polar surface area (TPSA) is 50.4 Å². The van der Waals surface area contributed by atoms with Crippen molar-refractivity contribution in [2.45, 2.75) is 45.0 Å². The van der Waals surface area contributed by atoms with E-state index in [9.17, 15) is 9.18 Å². The van der Waals surface area contributed by atoms with Crippen molar-refractivity contribution in [3.63, 3.8) is 0 Å². The monoisotopic (exact) mass is 218 g/mol. The first-order valence-corrected chi connectivity index (χ1v) is 5.23. The van der Waals surface area contributed by atoms with E-state index in [0.29, 0.717) is 13.0 Å². The molecular formula is C10H19FN2O2. The number of piperidine rings is 1. The van der Waals surface area contributed by atoms with E-state index in [-0.39, 0.29) is 0 Å². The number of hydrogen-bond donors (Lipinski definition) is 2. The van der Waals surface area contributed by atoms with Crippen LogP contribution in [-0.4, -0.2) is 37.0 Å². The summed E-state index contributed by atoms with van der Waals surface area (Å²) in [5.41, 5.74) is -0.539. The number of amides is 1. The van der Waals surface area contributed by atoms with Crippen molar-refractivity contribution in [3.8, 4) is 0 Å². The van der Waals surface area contributed by atoms with Gasteiger partial charge in [-0.1, -0.05) is 0 Å². The second-order valence-corrected chi connectivity index (χ2v) is 4.76. The van der Waals surface area contributed by atoms with Crippen LogP contribution in [0.25, 0.3) is 0 Å². The Morgan fingerprint density at radius 3 is 2.73 bits per heavy atom. The number of hydrogen-bond acceptors (Lipinski definition) is 3. The second kappa shape index (κ2) is 4.79. The van der Waals surface area contributed by atoms with Crippen LogP contribution in [0.5, 0.6) is 0 Å². The number of carbonyl (C=O) groups is 1. The lowest BCUT2D eigenvalue weighted by Crippen LogP contribution is -2.51. The maximum atomic E-state index is 13.3. The van der Waals surface area contributed by atoms with E-state index in [0.717, 1.165) is 6.54 Å². The molecule has 1 aliphatic heterocycles. The molecule has 0 aromatic rings. The first kappa shape index (κ1) is 12.2. The van der Waals surface area contributed by atoms with Crippen molar-refractivity contribution >= 4 is 6.09 Å². The number of carbonyl (C=O) groups excluding carboxylic acids is 1. The lowest BCUT2D eigenvalue weighted by atomic mass is 10.1. The molecule has 5 heteroatoms. The molecule has 1 saturated heterocycles. The number of alkyl carbamates (subject to hydrolysis) is 1. The molecule has 4 nitrogen and oxygen atoms in total. The summed E-state index contributed by atoms with van der Waals surface area (Å²) in [5.74, 6) is 0. The highest BCUT2D eigenvalue weighted by atomic mass is 19.1. The number of nitrogens with one attached hydrogen (secondary N) is 2. The lowest BCUT2D eigenvalue weighted by Gasteiger charge is -2.28. The first-order valence-electron chi connectivity index (χ1n) is 5.23. The van der Waals surface area contributed by atoms with Gasteiger partial charge in [-0.2, -0.15) is 0 Å². The zero-order valence-corrected chi connectivity index (χ0v) is 9.47. The van der Waals surface area contributed by atoms with E-state index in [1.807, 2.05) is 0 Å². The van der Waals surface area contributed by atoms with Gasteiger partial charge in [-0.3, -0.25) is 0 Å². The molecular weight excluding hydrogens is 199 g/mol. The zero-order chi connectivity index (χ0) is 11.5. The van der Waals surface area contributed by atoms with Crippen LogP contribution >= 0.6 is 0 Å². The van der Waals surface area contributed by atoms with Gasteiger partial charge in [0.05, 0.1) is 6.04 Å². The van der Waals surface area contributed by atoms with Gasteiger partial charge in [-0.25, -0.2) is 9.18 Å². The molecule has 0 radical (unpaired) electrons. The number of ether oxygens (including phenoxy) is 1. The van der Waals surface area contributed by atoms with E-state index >= 15 is 0 Å². The summed E-state index contributed by atoms with van der Waals surface area (Å²) < 4.78 is 18.4. The van der Waals surface area contributed by atoms with Crippen LogP contribution in [0.3, 0.4) is 0 Å². The largest absolute Gasteiger partial charge is 0.444 e. The Morgan fingerprint density at radius 2 is 2.20 bits per heavy atom. The van der Waals surface area contributed by atoms with Crippen molar-refractivity contribution in [2.75, 3.05) is 13.1 Å². The predicted molar refractivity (Wildman–Crippen MR) is 55.5 cm³/mol. The maximum Gasteiger partial charge on any atom is 0.407 e. The van der Waals surface area contributed by atoms with Crippen LogP contribution in [0.15, 0.2) is 0 Å². The van der Waals surface area contributed by atoms with Gasteiger partial charge in [0.25, 0.3) is 0 Å². The third-order valence-corrected chi connectivity index (χ3v) is 2.11. The summed E-state index contributed by atoms with van der Waals surface area (Å²) in [7, 11) is 0. The van der Waals surface area contributed by atoms with Gasteiger partial charge in [0.2, 0.25) is 0 Å². The standard InChI is InChI=1S/C10H19FN2O2/c1-10(2,3)15-9(14)13-8-4-5-12-6-7(8)11/h7-8,12H,4-6H2,1-3H3,(H,13,14)/t7-,8+/m1/s1. The molecule has 1 aliphatic rings. The SMILES string of the molecule is CC(C)(C)OC(=O)N[C@H]1CCNC[C@H]1F.